The van der Waals surface area contributed by atoms with Gasteiger partial charge in [-0.25, -0.2) is 0 Å². The average Bonchev–Trinajstić information content (AvgIpc) is 2.50. The van der Waals surface area contributed by atoms with E-state index in [1.807, 2.05) is 0 Å². The largest absolute Gasteiger partial charge is 0.352 e. The highest BCUT2D eigenvalue weighted by molar-refractivity contribution is 5.94. The van der Waals surface area contributed by atoms with Gasteiger partial charge in [-0.2, -0.15) is 0 Å². The number of nitrogens with one attached hydrogen (secondary N) is 1. The summed E-state index contributed by atoms with van der Waals surface area (Å²) < 4.78 is 0. The molecule has 132 valence electrons. The standard InChI is InChI=1S/C18H27N3O3/c1-13-9-14(2)12-20(11-13)8-4-7-19-18(22)16-6-5-15(3)17(10-16)21(23)24/h5-6,10,13-14H,4,7-9,11-12H2,1-3H3,(H,19,22). The number of carbonyl (C=O) groups is 1. The molecule has 2 atom stereocenters. The Hall–Kier alpha value is -1.95. The molecule has 1 aliphatic heterocycles. The highest BCUT2D eigenvalue weighted by Crippen LogP contribution is 2.21. The Kier molecular flexibility index (Phi) is 6.31. The first-order valence-corrected chi connectivity index (χ1v) is 8.62. The summed E-state index contributed by atoms with van der Waals surface area (Å²) in [4.78, 5) is 25.1. The molecule has 0 spiro atoms. The van der Waals surface area contributed by atoms with Crippen molar-refractivity contribution in [3.8, 4) is 0 Å². The molecule has 2 rings (SSSR count). The van der Waals surface area contributed by atoms with Crippen LogP contribution in [0.25, 0.3) is 0 Å². The van der Waals surface area contributed by atoms with Gasteiger partial charge in [0.05, 0.1) is 4.92 Å². The van der Waals surface area contributed by atoms with Crippen molar-refractivity contribution in [2.45, 2.75) is 33.6 Å². The smallest absolute Gasteiger partial charge is 0.273 e. The van der Waals surface area contributed by atoms with E-state index in [0.29, 0.717) is 17.7 Å². The van der Waals surface area contributed by atoms with Gasteiger partial charge in [0.15, 0.2) is 0 Å². The Balaban J connectivity index is 1.79. The SMILES string of the molecule is Cc1ccc(C(=O)NCCCN2CC(C)CC(C)C2)cc1[N+](=O)[O-]. The molecular formula is C18H27N3O3. The third-order valence-electron chi connectivity index (χ3n) is 4.55. The first-order valence-electron chi connectivity index (χ1n) is 8.62. The maximum Gasteiger partial charge on any atom is 0.273 e. The summed E-state index contributed by atoms with van der Waals surface area (Å²) in [6.07, 6.45) is 2.18. The van der Waals surface area contributed by atoms with Crippen molar-refractivity contribution < 1.29 is 9.72 Å². The highest BCUT2D eigenvalue weighted by atomic mass is 16.6. The molecule has 6 heteroatoms. The first-order chi connectivity index (χ1) is 11.4. The second kappa shape index (κ2) is 8.24. The Morgan fingerprint density at radius 2 is 2.00 bits per heavy atom. The van der Waals surface area contributed by atoms with Gasteiger partial charge in [-0.05, 0) is 44.2 Å². The Labute approximate surface area is 143 Å². The van der Waals surface area contributed by atoms with E-state index < -0.39 is 4.92 Å². The molecule has 1 heterocycles. The molecule has 1 amide bonds. The van der Waals surface area contributed by atoms with E-state index in [0.717, 1.165) is 37.9 Å². The second-order valence-electron chi connectivity index (χ2n) is 7.07. The van der Waals surface area contributed by atoms with Crippen LogP contribution in [0.2, 0.25) is 0 Å². The molecule has 6 nitrogen and oxygen atoms in total. The number of aryl methyl sites for hydroxylation is 1. The fourth-order valence-corrected chi connectivity index (χ4v) is 3.53. The molecular weight excluding hydrogens is 306 g/mol. The van der Waals surface area contributed by atoms with Gasteiger partial charge in [-0.3, -0.25) is 14.9 Å². The van der Waals surface area contributed by atoms with Crippen molar-refractivity contribution in [2.24, 2.45) is 11.8 Å². The summed E-state index contributed by atoms with van der Waals surface area (Å²) in [5.74, 6) is 1.21. The van der Waals surface area contributed by atoms with E-state index >= 15 is 0 Å². The van der Waals surface area contributed by atoms with Crippen molar-refractivity contribution in [3.05, 3.63) is 39.4 Å². The van der Waals surface area contributed by atoms with Crippen LogP contribution in [0.1, 0.15) is 42.6 Å². The normalized spacial score (nSPS) is 21.5. The minimum atomic E-state index is -0.454. The third kappa shape index (κ3) is 5.03. The molecule has 24 heavy (non-hydrogen) atoms. The summed E-state index contributed by atoms with van der Waals surface area (Å²) in [5.41, 5.74) is 0.886. The fourth-order valence-electron chi connectivity index (χ4n) is 3.53. The Morgan fingerprint density at radius 3 is 2.62 bits per heavy atom. The lowest BCUT2D eigenvalue weighted by molar-refractivity contribution is -0.385. The number of benzene rings is 1. The van der Waals surface area contributed by atoms with Crippen LogP contribution in [0, 0.1) is 28.9 Å². The molecule has 1 aliphatic rings. The highest BCUT2D eigenvalue weighted by Gasteiger charge is 2.21. The fraction of sp³-hybridized carbons (Fsp3) is 0.611. The summed E-state index contributed by atoms with van der Waals surface area (Å²) in [6.45, 7) is 10.1. The number of carbonyl (C=O) groups excluding carboxylic acids is 1. The molecule has 1 aromatic carbocycles. The summed E-state index contributed by atoms with van der Waals surface area (Å²) >= 11 is 0. The molecule has 0 saturated carbocycles. The van der Waals surface area contributed by atoms with Crippen molar-refractivity contribution in [3.63, 3.8) is 0 Å². The monoisotopic (exact) mass is 333 g/mol. The molecule has 1 fully saturated rings. The van der Waals surface area contributed by atoms with E-state index in [4.69, 9.17) is 0 Å². The van der Waals surface area contributed by atoms with Gasteiger partial charge in [0.2, 0.25) is 0 Å². The van der Waals surface area contributed by atoms with Crippen molar-refractivity contribution in [2.75, 3.05) is 26.2 Å². The summed E-state index contributed by atoms with van der Waals surface area (Å²) in [7, 11) is 0. The van der Waals surface area contributed by atoms with E-state index in [2.05, 4.69) is 24.1 Å². The topological polar surface area (TPSA) is 75.5 Å². The zero-order chi connectivity index (χ0) is 17.7. The Bertz CT molecular complexity index is 593. The Morgan fingerprint density at radius 1 is 1.33 bits per heavy atom. The van der Waals surface area contributed by atoms with Crippen LogP contribution in [-0.4, -0.2) is 41.9 Å². The van der Waals surface area contributed by atoms with Gasteiger partial charge in [0, 0.05) is 36.8 Å². The molecule has 2 unspecified atom stereocenters. The number of piperidine rings is 1. The number of hydrogen-bond acceptors (Lipinski definition) is 4. The summed E-state index contributed by atoms with van der Waals surface area (Å²) in [5, 5.41) is 13.8. The van der Waals surface area contributed by atoms with E-state index in [9.17, 15) is 14.9 Å². The zero-order valence-electron chi connectivity index (χ0n) is 14.7. The van der Waals surface area contributed by atoms with Crippen molar-refractivity contribution in [1.82, 2.24) is 10.2 Å². The maximum atomic E-state index is 12.1. The number of likely N-dealkylation sites (tertiary alicyclic amines) is 1. The van der Waals surface area contributed by atoms with E-state index in [1.165, 1.54) is 12.5 Å². The maximum absolute atomic E-state index is 12.1. The summed E-state index contributed by atoms with van der Waals surface area (Å²) in [6, 6.07) is 4.59. The average molecular weight is 333 g/mol. The van der Waals surface area contributed by atoms with Gasteiger partial charge >= 0.3 is 0 Å². The predicted molar refractivity (Wildman–Crippen MR) is 94.2 cm³/mol. The van der Waals surface area contributed by atoms with E-state index in [-0.39, 0.29) is 11.6 Å². The molecule has 1 N–H and O–H groups in total. The number of nitro benzene ring substituents is 1. The zero-order valence-corrected chi connectivity index (χ0v) is 14.7. The minimum absolute atomic E-state index is 0.0149. The van der Waals surface area contributed by atoms with Crippen LogP contribution in [-0.2, 0) is 0 Å². The number of hydrogen-bond donors (Lipinski definition) is 1. The van der Waals surface area contributed by atoms with Crippen LogP contribution < -0.4 is 5.32 Å². The van der Waals surface area contributed by atoms with Gasteiger partial charge in [-0.1, -0.05) is 19.9 Å². The molecule has 0 aliphatic carbocycles. The van der Waals surface area contributed by atoms with Crippen LogP contribution in [0.5, 0.6) is 0 Å². The van der Waals surface area contributed by atoms with Crippen LogP contribution in [0.3, 0.4) is 0 Å². The number of amides is 1. The molecule has 0 bridgehead atoms. The number of nitro groups is 1. The minimum Gasteiger partial charge on any atom is -0.352 e. The molecule has 0 radical (unpaired) electrons. The lowest BCUT2D eigenvalue weighted by Crippen LogP contribution is -2.40. The van der Waals surface area contributed by atoms with Crippen LogP contribution in [0.15, 0.2) is 18.2 Å². The molecule has 1 aromatic rings. The van der Waals surface area contributed by atoms with Gasteiger partial charge in [0.25, 0.3) is 11.6 Å². The van der Waals surface area contributed by atoms with Crippen LogP contribution >= 0.6 is 0 Å². The van der Waals surface area contributed by atoms with Crippen molar-refractivity contribution in [1.29, 1.82) is 0 Å². The van der Waals surface area contributed by atoms with Crippen molar-refractivity contribution >= 4 is 11.6 Å². The molecule has 1 saturated heterocycles. The third-order valence-corrected chi connectivity index (χ3v) is 4.55. The number of nitrogens with zero attached hydrogens (tertiary/aromatic N) is 2. The second-order valence-corrected chi connectivity index (χ2v) is 7.07. The first kappa shape index (κ1) is 18.4. The predicted octanol–water partition coefficient (Wildman–Crippen LogP) is 3.00. The number of rotatable bonds is 6. The molecule has 0 aromatic heterocycles. The van der Waals surface area contributed by atoms with E-state index in [1.54, 1.807) is 19.1 Å². The van der Waals surface area contributed by atoms with Gasteiger partial charge in [0.1, 0.15) is 0 Å². The quantitative estimate of drug-likeness (QED) is 0.493. The lowest BCUT2D eigenvalue weighted by Gasteiger charge is -2.34. The lowest BCUT2D eigenvalue weighted by atomic mass is 9.92. The van der Waals surface area contributed by atoms with Gasteiger partial charge in [-0.15, -0.1) is 0 Å². The van der Waals surface area contributed by atoms with Crippen LogP contribution in [0.4, 0.5) is 5.69 Å². The van der Waals surface area contributed by atoms with Gasteiger partial charge < -0.3 is 10.2 Å².